The van der Waals surface area contributed by atoms with Crippen molar-refractivity contribution >= 4 is 34.2 Å². The third-order valence-corrected chi connectivity index (χ3v) is 5.69. The quantitative estimate of drug-likeness (QED) is 0.792. The third-order valence-electron chi connectivity index (χ3n) is 4.94. The average molecular weight is 427 g/mol. The van der Waals surface area contributed by atoms with Crippen LogP contribution in [0.15, 0.2) is 28.9 Å². The summed E-state index contributed by atoms with van der Waals surface area (Å²) in [5.74, 6) is -0.145. The van der Waals surface area contributed by atoms with Gasteiger partial charge in [0.25, 0.3) is 5.91 Å². The fraction of sp³-hybridized carbons (Fsp3) is 0.471. The molecule has 0 radical (unpaired) electrons. The standard InChI is InChI=1S/C17H20BrN5O.ClH/c18-14-3-1-2-13-12(14)4-5-15(13)20-17(24)16-10-23(22-21-16)11-6-8-19-9-7-11;/h1-3,10-11,15,19H,4-9H2,(H,20,24);1H. The lowest BCUT2D eigenvalue weighted by molar-refractivity contribution is 0.0931. The van der Waals surface area contributed by atoms with Gasteiger partial charge in [-0.3, -0.25) is 4.79 Å². The molecule has 1 amide bonds. The third kappa shape index (κ3) is 3.73. The molecule has 0 saturated carbocycles. The first kappa shape index (κ1) is 18.4. The fourth-order valence-electron chi connectivity index (χ4n) is 3.62. The zero-order valence-electron chi connectivity index (χ0n) is 13.7. The van der Waals surface area contributed by atoms with Crippen LogP contribution in [0.2, 0.25) is 0 Å². The Bertz CT molecular complexity index is 759. The Labute approximate surface area is 161 Å². The van der Waals surface area contributed by atoms with Crippen LogP contribution in [0.3, 0.4) is 0 Å². The second-order valence-electron chi connectivity index (χ2n) is 6.44. The van der Waals surface area contributed by atoms with E-state index in [1.165, 1.54) is 11.1 Å². The molecule has 2 aliphatic rings. The highest BCUT2D eigenvalue weighted by molar-refractivity contribution is 9.10. The van der Waals surface area contributed by atoms with E-state index in [0.717, 1.165) is 43.2 Å². The molecule has 1 aliphatic carbocycles. The summed E-state index contributed by atoms with van der Waals surface area (Å²) in [6, 6.07) is 6.54. The summed E-state index contributed by atoms with van der Waals surface area (Å²) in [5.41, 5.74) is 2.89. The minimum Gasteiger partial charge on any atom is -0.344 e. The summed E-state index contributed by atoms with van der Waals surface area (Å²) in [5, 5.41) is 14.7. The van der Waals surface area contributed by atoms with Crippen LogP contribution in [0.4, 0.5) is 0 Å². The predicted octanol–water partition coefficient (Wildman–Crippen LogP) is 2.80. The normalized spacial score (nSPS) is 20.0. The molecular formula is C17H21BrClN5O. The van der Waals surface area contributed by atoms with E-state index in [1.807, 2.05) is 16.8 Å². The number of amides is 1. The van der Waals surface area contributed by atoms with E-state index >= 15 is 0 Å². The Morgan fingerprint density at radius 2 is 2.08 bits per heavy atom. The van der Waals surface area contributed by atoms with Crippen molar-refractivity contribution in [2.75, 3.05) is 13.1 Å². The lowest BCUT2D eigenvalue weighted by atomic mass is 10.1. The number of hydrogen-bond acceptors (Lipinski definition) is 4. The van der Waals surface area contributed by atoms with Crippen molar-refractivity contribution in [3.8, 4) is 0 Å². The SMILES string of the molecule is Cl.O=C(NC1CCc2c(Br)cccc21)c1cn(C2CCNCC2)nn1. The molecule has 134 valence electrons. The van der Waals surface area contributed by atoms with Crippen molar-refractivity contribution in [3.63, 3.8) is 0 Å². The van der Waals surface area contributed by atoms with Crippen LogP contribution >= 0.6 is 28.3 Å². The maximum atomic E-state index is 12.5. The average Bonchev–Trinajstić information content (AvgIpc) is 3.24. The van der Waals surface area contributed by atoms with Crippen molar-refractivity contribution in [3.05, 3.63) is 45.7 Å². The molecule has 1 aromatic heterocycles. The van der Waals surface area contributed by atoms with Crippen LogP contribution in [0.1, 0.15) is 53.0 Å². The fourth-order valence-corrected chi connectivity index (χ4v) is 4.20. The minimum atomic E-state index is -0.145. The largest absolute Gasteiger partial charge is 0.344 e. The number of nitrogens with zero attached hydrogens (tertiary/aromatic N) is 3. The van der Waals surface area contributed by atoms with Crippen molar-refractivity contribution in [2.45, 2.75) is 37.8 Å². The number of piperidine rings is 1. The van der Waals surface area contributed by atoms with Crippen LogP contribution in [-0.2, 0) is 6.42 Å². The van der Waals surface area contributed by atoms with E-state index in [2.05, 4.69) is 42.9 Å². The monoisotopic (exact) mass is 425 g/mol. The maximum Gasteiger partial charge on any atom is 0.273 e. The van der Waals surface area contributed by atoms with Gasteiger partial charge < -0.3 is 10.6 Å². The molecule has 1 fully saturated rings. The molecule has 2 aromatic rings. The molecule has 1 unspecified atom stereocenters. The van der Waals surface area contributed by atoms with Gasteiger partial charge in [-0.1, -0.05) is 33.3 Å². The Kier molecular flexibility index (Phi) is 5.76. The number of fused-ring (bicyclic) bond motifs is 1. The summed E-state index contributed by atoms with van der Waals surface area (Å²) in [4.78, 5) is 12.5. The highest BCUT2D eigenvalue weighted by Crippen LogP contribution is 2.35. The van der Waals surface area contributed by atoms with Crippen LogP contribution in [0.5, 0.6) is 0 Å². The van der Waals surface area contributed by atoms with Gasteiger partial charge in [0.15, 0.2) is 5.69 Å². The van der Waals surface area contributed by atoms with Gasteiger partial charge in [-0.2, -0.15) is 0 Å². The van der Waals surface area contributed by atoms with Gasteiger partial charge >= 0.3 is 0 Å². The van der Waals surface area contributed by atoms with Gasteiger partial charge in [0, 0.05) is 4.47 Å². The number of halogens is 2. The molecule has 1 saturated heterocycles. The maximum absolute atomic E-state index is 12.5. The second-order valence-corrected chi connectivity index (χ2v) is 7.29. The summed E-state index contributed by atoms with van der Waals surface area (Å²) in [7, 11) is 0. The Morgan fingerprint density at radius 1 is 1.28 bits per heavy atom. The molecule has 8 heteroatoms. The minimum absolute atomic E-state index is 0. The summed E-state index contributed by atoms with van der Waals surface area (Å²) in [6.45, 7) is 1.97. The molecule has 1 atom stereocenters. The van der Waals surface area contributed by atoms with Crippen LogP contribution in [0.25, 0.3) is 0 Å². The summed E-state index contributed by atoms with van der Waals surface area (Å²) < 4.78 is 2.96. The van der Waals surface area contributed by atoms with Crippen molar-refractivity contribution in [1.82, 2.24) is 25.6 Å². The van der Waals surface area contributed by atoms with E-state index in [4.69, 9.17) is 0 Å². The van der Waals surface area contributed by atoms with E-state index < -0.39 is 0 Å². The highest BCUT2D eigenvalue weighted by atomic mass is 79.9. The van der Waals surface area contributed by atoms with E-state index in [1.54, 1.807) is 6.20 Å². The van der Waals surface area contributed by atoms with Crippen molar-refractivity contribution in [2.24, 2.45) is 0 Å². The lowest BCUT2D eigenvalue weighted by Crippen LogP contribution is -2.29. The highest BCUT2D eigenvalue weighted by Gasteiger charge is 2.27. The molecule has 2 heterocycles. The van der Waals surface area contributed by atoms with Gasteiger partial charge in [-0.15, -0.1) is 17.5 Å². The molecule has 25 heavy (non-hydrogen) atoms. The van der Waals surface area contributed by atoms with Crippen molar-refractivity contribution in [1.29, 1.82) is 0 Å². The zero-order valence-corrected chi connectivity index (χ0v) is 16.1. The van der Waals surface area contributed by atoms with E-state index in [9.17, 15) is 4.79 Å². The molecule has 1 aliphatic heterocycles. The molecule has 4 rings (SSSR count). The summed E-state index contributed by atoms with van der Waals surface area (Å²) >= 11 is 3.59. The predicted molar refractivity (Wildman–Crippen MR) is 101 cm³/mol. The van der Waals surface area contributed by atoms with Crippen LogP contribution in [-0.4, -0.2) is 34.0 Å². The first-order valence-electron chi connectivity index (χ1n) is 8.43. The molecule has 6 nitrogen and oxygen atoms in total. The number of carbonyl (C=O) groups excluding carboxylic acids is 1. The number of aromatic nitrogens is 3. The van der Waals surface area contributed by atoms with E-state index in [-0.39, 0.29) is 24.4 Å². The Hall–Kier alpha value is -1.44. The van der Waals surface area contributed by atoms with Gasteiger partial charge in [0.05, 0.1) is 18.3 Å². The number of hydrogen-bond donors (Lipinski definition) is 2. The Balaban J connectivity index is 0.00000182. The first-order chi connectivity index (χ1) is 11.7. The number of carbonyl (C=O) groups is 1. The smallest absolute Gasteiger partial charge is 0.273 e. The van der Waals surface area contributed by atoms with E-state index in [0.29, 0.717) is 11.7 Å². The summed E-state index contributed by atoms with van der Waals surface area (Å²) in [6.07, 6.45) is 5.72. The number of nitrogens with one attached hydrogen (secondary N) is 2. The van der Waals surface area contributed by atoms with Gasteiger partial charge in [-0.25, -0.2) is 4.68 Å². The first-order valence-corrected chi connectivity index (χ1v) is 9.22. The van der Waals surface area contributed by atoms with Gasteiger partial charge in [0.1, 0.15) is 0 Å². The van der Waals surface area contributed by atoms with Crippen molar-refractivity contribution < 1.29 is 4.79 Å². The molecule has 1 aromatic carbocycles. The van der Waals surface area contributed by atoms with Gasteiger partial charge in [0.2, 0.25) is 0 Å². The lowest BCUT2D eigenvalue weighted by Gasteiger charge is -2.22. The Morgan fingerprint density at radius 3 is 2.88 bits per heavy atom. The topological polar surface area (TPSA) is 71.8 Å². The van der Waals surface area contributed by atoms with Crippen LogP contribution < -0.4 is 10.6 Å². The molecule has 2 N–H and O–H groups in total. The van der Waals surface area contributed by atoms with Crippen LogP contribution in [0, 0.1) is 0 Å². The molecular weight excluding hydrogens is 406 g/mol. The zero-order chi connectivity index (χ0) is 16.5. The molecule has 0 bridgehead atoms. The number of rotatable bonds is 3. The second kappa shape index (κ2) is 7.85. The van der Waals surface area contributed by atoms with Gasteiger partial charge in [-0.05, 0) is 56.0 Å². The molecule has 0 spiro atoms. The number of benzene rings is 1.